The van der Waals surface area contributed by atoms with Gasteiger partial charge in [-0.25, -0.2) is 13.6 Å². The van der Waals surface area contributed by atoms with Crippen LogP contribution in [0.4, 0.5) is 19.3 Å². The van der Waals surface area contributed by atoms with Gasteiger partial charge in [0.05, 0.1) is 5.69 Å². The van der Waals surface area contributed by atoms with Crippen molar-refractivity contribution in [1.29, 1.82) is 0 Å². The number of para-hydroxylation sites is 1. The monoisotopic (exact) mass is 370 g/mol. The van der Waals surface area contributed by atoms with Crippen LogP contribution in [0.25, 0.3) is 6.08 Å². The molecule has 0 saturated carbocycles. The Morgan fingerprint density at radius 3 is 2.81 bits per heavy atom. The lowest BCUT2D eigenvalue weighted by molar-refractivity contribution is 0.101. The minimum atomic E-state index is -0.787. The first-order valence-corrected chi connectivity index (χ1v) is 9.03. The zero-order chi connectivity index (χ0) is 18.9. The van der Waals surface area contributed by atoms with Crippen molar-refractivity contribution in [3.8, 4) is 5.75 Å². The van der Waals surface area contributed by atoms with E-state index < -0.39 is 23.3 Å². The number of rotatable bonds is 1. The van der Waals surface area contributed by atoms with Gasteiger partial charge < -0.3 is 15.0 Å². The summed E-state index contributed by atoms with van der Waals surface area (Å²) in [6.07, 6.45) is 6.37. The molecule has 2 amide bonds. The molecule has 1 atom stereocenters. The number of benzene rings is 2. The fraction of sp³-hybridized carbons (Fsp3) is 0.286. The van der Waals surface area contributed by atoms with E-state index >= 15 is 0 Å². The fourth-order valence-corrected chi connectivity index (χ4v) is 3.59. The Morgan fingerprint density at radius 2 is 1.96 bits per heavy atom. The largest absolute Gasteiger partial charge is 0.483 e. The third kappa shape index (κ3) is 3.65. The Morgan fingerprint density at radius 1 is 1.11 bits per heavy atom. The summed E-state index contributed by atoms with van der Waals surface area (Å²) in [5.74, 6) is -0.611. The Bertz CT molecular complexity index is 900. The van der Waals surface area contributed by atoms with E-state index in [9.17, 15) is 13.6 Å². The lowest BCUT2D eigenvalue weighted by Gasteiger charge is -2.34. The molecule has 0 aromatic heterocycles. The van der Waals surface area contributed by atoms with Crippen LogP contribution in [0.15, 0.2) is 48.5 Å². The van der Waals surface area contributed by atoms with Gasteiger partial charge in [0.1, 0.15) is 23.0 Å². The van der Waals surface area contributed by atoms with Crippen LogP contribution in [0, 0.1) is 11.6 Å². The van der Waals surface area contributed by atoms with Crippen molar-refractivity contribution >= 4 is 17.8 Å². The van der Waals surface area contributed by atoms with Gasteiger partial charge in [0, 0.05) is 31.1 Å². The summed E-state index contributed by atoms with van der Waals surface area (Å²) in [5, 5.41) is 2.53. The smallest absolute Gasteiger partial charge is 0.321 e. The highest BCUT2D eigenvalue weighted by molar-refractivity contribution is 5.89. The molecule has 2 aromatic carbocycles. The van der Waals surface area contributed by atoms with E-state index in [1.807, 2.05) is 24.3 Å². The van der Waals surface area contributed by atoms with Gasteiger partial charge in [0.2, 0.25) is 0 Å². The number of fused-ring (bicyclic) bond motifs is 1. The van der Waals surface area contributed by atoms with Gasteiger partial charge in [-0.05, 0) is 37.1 Å². The third-order valence-corrected chi connectivity index (χ3v) is 5.09. The van der Waals surface area contributed by atoms with Crippen LogP contribution >= 0.6 is 0 Å². The molecule has 6 heteroatoms. The fourth-order valence-electron chi connectivity index (χ4n) is 3.59. The number of hydrogen-bond acceptors (Lipinski definition) is 2. The van der Waals surface area contributed by atoms with Gasteiger partial charge in [0.15, 0.2) is 0 Å². The predicted molar refractivity (Wildman–Crippen MR) is 99.6 cm³/mol. The van der Waals surface area contributed by atoms with Crippen molar-refractivity contribution in [3.05, 3.63) is 65.7 Å². The Labute approximate surface area is 156 Å². The molecule has 0 aliphatic carbocycles. The van der Waals surface area contributed by atoms with Crippen LogP contribution < -0.4 is 10.1 Å². The second kappa shape index (κ2) is 7.02. The Hall–Kier alpha value is -2.89. The van der Waals surface area contributed by atoms with E-state index in [1.54, 1.807) is 4.90 Å². The van der Waals surface area contributed by atoms with Crippen LogP contribution in [0.5, 0.6) is 5.75 Å². The highest BCUT2D eigenvalue weighted by atomic mass is 19.1. The number of carbonyl (C=O) groups is 1. The minimum absolute atomic E-state index is 0.0249. The van der Waals surface area contributed by atoms with E-state index in [0.717, 1.165) is 36.3 Å². The summed E-state index contributed by atoms with van der Waals surface area (Å²) >= 11 is 0. The van der Waals surface area contributed by atoms with Gasteiger partial charge in [-0.3, -0.25) is 0 Å². The number of halogens is 2. The van der Waals surface area contributed by atoms with Crippen molar-refractivity contribution in [1.82, 2.24) is 4.90 Å². The van der Waals surface area contributed by atoms with Crippen molar-refractivity contribution in [3.63, 3.8) is 0 Å². The normalized spacial score (nSPS) is 21.3. The number of amides is 2. The van der Waals surface area contributed by atoms with Crippen LogP contribution in [0.2, 0.25) is 0 Å². The first kappa shape index (κ1) is 17.5. The lowest BCUT2D eigenvalue weighted by atomic mass is 9.91. The number of anilines is 1. The summed E-state index contributed by atoms with van der Waals surface area (Å²) in [6.45, 7) is 1.04. The van der Waals surface area contributed by atoms with Crippen LogP contribution in [0.3, 0.4) is 0 Å². The van der Waals surface area contributed by atoms with Gasteiger partial charge in [-0.2, -0.15) is 0 Å². The summed E-state index contributed by atoms with van der Waals surface area (Å²) < 4.78 is 33.1. The standard InChI is InChI=1S/C21H20F2N2O2/c22-16-6-7-18(17(23)14-16)24-20(26)25-12-3-9-21(11-13-25)10-8-15-4-1-2-5-19(15)27-21/h1-2,4-8,10,14H,3,9,11-13H2,(H,24,26)/t21-/m0/s1. The number of carbonyl (C=O) groups excluding carboxylic acids is 1. The lowest BCUT2D eigenvalue weighted by Crippen LogP contribution is -2.39. The van der Waals surface area contributed by atoms with E-state index in [-0.39, 0.29) is 5.69 Å². The van der Waals surface area contributed by atoms with E-state index in [2.05, 4.69) is 17.5 Å². The molecule has 2 aliphatic rings. The molecule has 0 bridgehead atoms. The quantitative estimate of drug-likeness (QED) is 0.781. The molecule has 140 valence electrons. The third-order valence-electron chi connectivity index (χ3n) is 5.09. The van der Waals surface area contributed by atoms with Crippen LogP contribution in [0.1, 0.15) is 24.8 Å². The second-order valence-electron chi connectivity index (χ2n) is 6.93. The molecule has 2 aliphatic heterocycles. The Kier molecular flexibility index (Phi) is 4.56. The van der Waals surface area contributed by atoms with Crippen LogP contribution in [-0.2, 0) is 0 Å². The van der Waals surface area contributed by atoms with Crippen molar-refractivity contribution < 1.29 is 18.3 Å². The number of nitrogens with one attached hydrogen (secondary N) is 1. The first-order valence-electron chi connectivity index (χ1n) is 9.03. The minimum Gasteiger partial charge on any atom is -0.483 e. The molecule has 1 saturated heterocycles. The van der Waals surface area contributed by atoms with E-state index in [0.29, 0.717) is 19.5 Å². The molecule has 1 spiro atoms. The maximum Gasteiger partial charge on any atom is 0.321 e. The summed E-state index contributed by atoms with van der Waals surface area (Å²) in [6, 6.07) is 10.6. The van der Waals surface area contributed by atoms with Crippen molar-refractivity contribution in [2.75, 3.05) is 18.4 Å². The first-order chi connectivity index (χ1) is 13.0. The highest BCUT2D eigenvalue weighted by Gasteiger charge is 2.35. The summed E-state index contributed by atoms with van der Waals surface area (Å²) in [5.41, 5.74) is 0.599. The molecule has 0 unspecified atom stereocenters. The molecule has 2 aromatic rings. The number of hydrogen-bond donors (Lipinski definition) is 1. The van der Waals surface area contributed by atoms with Crippen molar-refractivity contribution in [2.24, 2.45) is 0 Å². The SMILES string of the molecule is O=C(Nc1ccc(F)cc1F)N1CCC[C@]2(C=Cc3ccccc3O2)CC1. The number of nitrogens with zero attached hydrogens (tertiary/aromatic N) is 1. The molecular weight excluding hydrogens is 350 g/mol. The van der Waals surface area contributed by atoms with Crippen molar-refractivity contribution in [2.45, 2.75) is 24.9 Å². The maximum absolute atomic E-state index is 13.8. The van der Waals surface area contributed by atoms with Crippen LogP contribution in [-0.4, -0.2) is 29.6 Å². The number of likely N-dealkylation sites (tertiary alicyclic amines) is 1. The average Bonchev–Trinajstić information content (AvgIpc) is 2.86. The zero-order valence-corrected chi connectivity index (χ0v) is 14.8. The molecule has 4 nitrogen and oxygen atoms in total. The number of ether oxygens (including phenoxy) is 1. The summed E-state index contributed by atoms with van der Waals surface area (Å²) in [4.78, 5) is 14.2. The highest BCUT2D eigenvalue weighted by Crippen LogP contribution is 2.37. The maximum atomic E-state index is 13.8. The molecule has 1 fully saturated rings. The molecule has 1 N–H and O–H groups in total. The van der Waals surface area contributed by atoms with E-state index in [4.69, 9.17) is 4.74 Å². The second-order valence-corrected chi connectivity index (χ2v) is 6.93. The molecule has 2 heterocycles. The number of urea groups is 1. The van der Waals surface area contributed by atoms with E-state index in [1.165, 1.54) is 6.07 Å². The summed E-state index contributed by atoms with van der Waals surface area (Å²) in [7, 11) is 0. The Balaban J connectivity index is 1.44. The molecule has 0 radical (unpaired) electrons. The van der Waals surface area contributed by atoms with Gasteiger partial charge in [-0.15, -0.1) is 0 Å². The van der Waals surface area contributed by atoms with Gasteiger partial charge >= 0.3 is 6.03 Å². The van der Waals surface area contributed by atoms with Gasteiger partial charge in [0.25, 0.3) is 0 Å². The predicted octanol–water partition coefficient (Wildman–Crippen LogP) is 4.83. The molecule has 27 heavy (non-hydrogen) atoms. The van der Waals surface area contributed by atoms with Gasteiger partial charge in [-0.1, -0.05) is 24.3 Å². The molecule has 4 rings (SSSR count). The molecular formula is C21H20F2N2O2. The topological polar surface area (TPSA) is 41.6 Å². The zero-order valence-electron chi connectivity index (χ0n) is 14.8. The average molecular weight is 370 g/mol.